The van der Waals surface area contributed by atoms with Crippen molar-refractivity contribution in [3.05, 3.63) is 84.6 Å². The number of imidazole rings is 1. The van der Waals surface area contributed by atoms with Gasteiger partial charge in [0.05, 0.1) is 17.8 Å². The molecule has 0 aliphatic carbocycles. The van der Waals surface area contributed by atoms with Gasteiger partial charge in [-0.3, -0.25) is 4.98 Å². The number of aryl methyl sites for hydroxylation is 1. The Kier molecular flexibility index (Phi) is 3.94. The minimum Gasteiger partial charge on any atom is -0.364 e. The van der Waals surface area contributed by atoms with E-state index in [0.717, 1.165) is 39.3 Å². The first-order valence-electron chi connectivity index (χ1n) is 9.12. The molecule has 0 saturated heterocycles. The monoisotopic (exact) mass is 366 g/mol. The molecule has 0 spiro atoms. The van der Waals surface area contributed by atoms with Crippen LogP contribution in [0.1, 0.15) is 11.4 Å². The lowest BCUT2D eigenvalue weighted by molar-refractivity contribution is 1.05. The maximum Gasteiger partial charge on any atom is 0.163 e. The minimum atomic E-state index is 0.578. The molecule has 0 unspecified atom stereocenters. The summed E-state index contributed by atoms with van der Waals surface area (Å²) in [5.41, 5.74) is 4.84. The summed E-state index contributed by atoms with van der Waals surface area (Å²) in [6.45, 7) is 2.65. The number of hydrogen-bond acceptors (Lipinski definition) is 5. The third-order valence-electron chi connectivity index (χ3n) is 4.71. The average molecular weight is 366 g/mol. The molecule has 6 nitrogen and oxygen atoms in total. The van der Waals surface area contributed by atoms with Crippen LogP contribution < -0.4 is 5.32 Å². The Morgan fingerprint density at radius 1 is 0.929 bits per heavy atom. The van der Waals surface area contributed by atoms with Crippen molar-refractivity contribution in [1.29, 1.82) is 0 Å². The minimum absolute atomic E-state index is 0.578. The fraction of sp³-hybridized carbons (Fsp3) is 0.0909. The van der Waals surface area contributed by atoms with Gasteiger partial charge in [0.15, 0.2) is 5.82 Å². The zero-order chi connectivity index (χ0) is 18.9. The molecule has 0 radical (unpaired) electrons. The molecule has 5 aromatic rings. The number of benzene rings is 1. The van der Waals surface area contributed by atoms with Crippen LogP contribution in [0, 0.1) is 6.92 Å². The zero-order valence-electron chi connectivity index (χ0n) is 15.4. The predicted octanol–water partition coefficient (Wildman–Crippen LogP) is 4.26. The van der Waals surface area contributed by atoms with Crippen LogP contribution in [0.5, 0.6) is 0 Å². The van der Waals surface area contributed by atoms with E-state index in [1.807, 2.05) is 48.5 Å². The van der Waals surface area contributed by atoms with Crippen LogP contribution in [0.3, 0.4) is 0 Å². The molecule has 4 heterocycles. The van der Waals surface area contributed by atoms with E-state index in [1.54, 1.807) is 12.4 Å². The molecule has 4 aromatic heterocycles. The summed E-state index contributed by atoms with van der Waals surface area (Å²) >= 11 is 0. The molecule has 136 valence electrons. The number of para-hydroxylation sites is 1. The van der Waals surface area contributed by atoms with Gasteiger partial charge in [0.25, 0.3) is 0 Å². The number of anilines is 1. The smallest absolute Gasteiger partial charge is 0.163 e. The lowest BCUT2D eigenvalue weighted by Gasteiger charge is -2.10. The second kappa shape index (κ2) is 6.74. The van der Waals surface area contributed by atoms with Crippen LogP contribution in [0.25, 0.3) is 27.9 Å². The lowest BCUT2D eigenvalue weighted by Crippen LogP contribution is -2.04. The van der Waals surface area contributed by atoms with Crippen molar-refractivity contribution in [3.63, 3.8) is 0 Å². The summed E-state index contributed by atoms with van der Waals surface area (Å²) in [6, 6.07) is 18.0. The standard InChI is InChI=1S/C22H18N6/c1-15-6-4-10-20-25-17(14-28(15)20)13-24-22-18-8-2-3-9-19(18)26-21(27-22)16-7-5-11-23-12-16/h2-12,14H,13H2,1H3,(H,24,26,27). The van der Waals surface area contributed by atoms with Crippen molar-refractivity contribution in [2.24, 2.45) is 0 Å². The van der Waals surface area contributed by atoms with E-state index in [4.69, 9.17) is 15.0 Å². The Morgan fingerprint density at radius 2 is 1.86 bits per heavy atom. The number of fused-ring (bicyclic) bond motifs is 2. The molecule has 5 rings (SSSR count). The van der Waals surface area contributed by atoms with E-state index >= 15 is 0 Å². The summed E-state index contributed by atoms with van der Waals surface area (Å²) in [4.78, 5) is 18.3. The van der Waals surface area contributed by atoms with Gasteiger partial charge in [0.2, 0.25) is 0 Å². The highest BCUT2D eigenvalue weighted by Crippen LogP contribution is 2.25. The maximum atomic E-state index is 4.76. The highest BCUT2D eigenvalue weighted by atomic mass is 15.1. The van der Waals surface area contributed by atoms with Gasteiger partial charge in [-0.1, -0.05) is 18.2 Å². The fourth-order valence-corrected chi connectivity index (χ4v) is 3.29. The second-order valence-electron chi connectivity index (χ2n) is 6.64. The van der Waals surface area contributed by atoms with Gasteiger partial charge in [-0.05, 0) is 43.3 Å². The first-order chi connectivity index (χ1) is 13.8. The first kappa shape index (κ1) is 16.4. The van der Waals surface area contributed by atoms with Crippen molar-refractivity contribution in [1.82, 2.24) is 24.3 Å². The van der Waals surface area contributed by atoms with Crippen molar-refractivity contribution in [2.75, 3.05) is 5.32 Å². The van der Waals surface area contributed by atoms with E-state index in [9.17, 15) is 0 Å². The van der Waals surface area contributed by atoms with Gasteiger partial charge in [-0.2, -0.15) is 0 Å². The third kappa shape index (κ3) is 2.95. The van der Waals surface area contributed by atoms with Gasteiger partial charge in [0.1, 0.15) is 11.5 Å². The van der Waals surface area contributed by atoms with Crippen molar-refractivity contribution in [3.8, 4) is 11.4 Å². The summed E-state index contributed by atoms with van der Waals surface area (Å²) < 4.78 is 2.09. The van der Waals surface area contributed by atoms with Crippen molar-refractivity contribution in [2.45, 2.75) is 13.5 Å². The van der Waals surface area contributed by atoms with E-state index in [0.29, 0.717) is 12.4 Å². The Labute approximate surface area is 162 Å². The molecule has 0 saturated carbocycles. The highest BCUT2D eigenvalue weighted by molar-refractivity contribution is 5.90. The molecule has 28 heavy (non-hydrogen) atoms. The molecular formula is C22H18N6. The molecule has 0 fully saturated rings. The number of rotatable bonds is 4. The third-order valence-corrected chi connectivity index (χ3v) is 4.71. The van der Waals surface area contributed by atoms with Crippen LogP contribution in [0.4, 0.5) is 5.82 Å². The number of nitrogens with zero attached hydrogens (tertiary/aromatic N) is 5. The topological polar surface area (TPSA) is 68.0 Å². The van der Waals surface area contributed by atoms with Gasteiger partial charge < -0.3 is 9.72 Å². The van der Waals surface area contributed by atoms with E-state index in [-0.39, 0.29) is 0 Å². The van der Waals surface area contributed by atoms with E-state index in [2.05, 4.69) is 33.9 Å². The normalized spacial score (nSPS) is 11.2. The molecule has 0 aliphatic heterocycles. The first-order valence-corrected chi connectivity index (χ1v) is 9.12. The van der Waals surface area contributed by atoms with Gasteiger partial charge in [0, 0.05) is 35.2 Å². The van der Waals surface area contributed by atoms with Gasteiger partial charge in [-0.15, -0.1) is 0 Å². The molecule has 0 amide bonds. The quantitative estimate of drug-likeness (QED) is 0.515. The number of pyridine rings is 2. The second-order valence-corrected chi connectivity index (χ2v) is 6.64. The zero-order valence-corrected chi connectivity index (χ0v) is 15.4. The van der Waals surface area contributed by atoms with Crippen LogP contribution in [0.15, 0.2) is 73.2 Å². The Hall–Kier alpha value is -3.80. The van der Waals surface area contributed by atoms with E-state index < -0.39 is 0 Å². The molecule has 1 aromatic carbocycles. The molecule has 6 heteroatoms. The van der Waals surface area contributed by atoms with Gasteiger partial charge >= 0.3 is 0 Å². The van der Waals surface area contributed by atoms with E-state index in [1.165, 1.54) is 0 Å². The predicted molar refractivity (Wildman–Crippen MR) is 110 cm³/mol. The van der Waals surface area contributed by atoms with Crippen molar-refractivity contribution < 1.29 is 0 Å². The fourth-order valence-electron chi connectivity index (χ4n) is 3.29. The van der Waals surface area contributed by atoms with Gasteiger partial charge in [-0.25, -0.2) is 15.0 Å². The summed E-state index contributed by atoms with van der Waals surface area (Å²) in [5.74, 6) is 1.44. The Balaban J connectivity index is 1.53. The lowest BCUT2D eigenvalue weighted by atomic mass is 10.2. The molecule has 0 aliphatic rings. The summed E-state index contributed by atoms with van der Waals surface area (Å²) in [7, 11) is 0. The van der Waals surface area contributed by atoms with Crippen LogP contribution >= 0.6 is 0 Å². The summed E-state index contributed by atoms with van der Waals surface area (Å²) in [6.07, 6.45) is 5.58. The molecule has 0 bridgehead atoms. The molecule has 0 atom stereocenters. The highest BCUT2D eigenvalue weighted by Gasteiger charge is 2.10. The largest absolute Gasteiger partial charge is 0.364 e. The number of hydrogen-bond donors (Lipinski definition) is 1. The Bertz CT molecular complexity index is 1280. The SMILES string of the molecule is Cc1cccc2nc(CNc3nc(-c4cccnc4)nc4ccccc34)cn12. The summed E-state index contributed by atoms with van der Waals surface area (Å²) in [5, 5.41) is 4.43. The number of aromatic nitrogens is 5. The number of nitrogens with one attached hydrogen (secondary N) is 1. The Morgan fingerprint density at radius 3 is 2.71 bits per heavy atom. The molecular weight excluding hydrogens is 348 g/mol. The average Bonchev–Trinajstić information content (AvgIpc) is 3.17. The molecule has 1 N–H and O–H groups in total. The van der Waals surface area contributed by atoms with Crippen LogP contribution in [-0.2, 0) is 6.54 Å². The van der Waals surface area contributed by atoms with Crippen molar-refractivity contribution >= 4 is 22.4 Å². The van der Waals surface area contributed by atoms with Crippen LogP contribution in [0.2, 0.25) is 0 Å². The maximum absolute atomic E-state index is 4.76. The van der Waals surface area contributed by atoms with Crippen LogP contribution in [-0.4, -0.2) is 24.3 Å².